The summed E-state index contributed by atoms with van der Waals surface area (Å²) in [5.41, 5.74) is 5.29. The minimum atomic E-state index is -0.151. The summed E-state index contributed by atoms with van der Waals surface area (Å²) >= 11 is 0. The maximum absolute atomic E-state index is 15.5. The van der Waals surface area contributed by atoms with Crippen molar-refractivity contribution < 1.29 is 8.81 Å². The van der Waals surface area contributed by atoms with Gasteiger partial charge < -0.3 is 4.42 Å². The van der Waals surface area contributed by atoms with Crippen molar-refractivity contribution >= 4 is 32.7 Å². The van der Waals surface area contributed by atoms with Crippen molar-refractivity contribution in [2.24, 2.45) is 5.41 Å². The van der Waals surface area contributed by atoms with Crippen LogP contribution in [0.2, 0.25) is 0 Å². The highest BCUT2D eigenvalue weighted by Crippen LogP contribution is 2.40. The third-order valence-corrected chi connectivity index (χ3v) is 6.10. The first kappa shape index (κ1) is 20.7. The van der Waals surface area contributed by atoms with Crippen LogP contribution in [0.1, 0.15) is 51.7 Å². The van der Waals surface area contributed by atoms with Crippen LogP contribution in [-0.2, 0) is 6.42 Å². The molecule has 0 bridgehead atoms. The van der Waals surface area contributed by atoms with Gasteiger partial charge >= 0.3 is 0 Å². The van der Waals surface area contributed by atoms with E-state index in [4.69, 9.17) is 9.40 Å². The molecule has 0 N–H and O–H groups in total. The Hall–Kier alpha value is -3.20. The quantitative estimate of drug-likeness (QED) is 0.289. The molecular weight excluding hydrogens is 397 g/mol. The van der Waals surface area contributed by atoms with Gasteiger partial charge in [0.05, 0.1) is 5.69 Å². The molecule has 2 aromatic heterocycles. The number of para-hydroxylation sites is 1. The van der Waals surface area contributed by atoms with Gasteiger partial charge in [-0.25, -0.2) is 4.39 Å². The summed E-state index contributed by atoms with van der Waals surface area (Å²) in [5, 5.41) is 3.58. The maximum Gasteiger partial charge on any atom is 0.144 e. The Morgan fingerprint density at radius 1 is 0.906 bits per heavy atom. The van der Waals surface area contributed by atoms with Crippen molar-refractivity contribution in [1.29, 1.82) is 0 Å². The van der Waals surface area contributed by atoms with E-state index in [0.29, 0.717) is 17.7 Å². The molecule has 0 aliphatic heterocycles. The first-order valence-corrected chi connectivity index (χ1v) is 11.2. The van der Waals surface area contributed by atoms with Gasteiger partial charge in [-0.1, -0.05) is 65.0 Å². The fourth-order valence-corrected chi connectivity index (χ4v) is 4.54. The molecule has 3 heteroatoms. The average molecular weight is 426 g/mol. The van der Waals surface area contributed by atoms with Crippen LogP contribution in [0.3, 0.4) is 0 Å². The summed E-state index contributed by atoms with van der Waals surface area (Å²) in [5.74, 6) is 0.193. The molecule has 5 rings (SSSR count). The van der Waals surface area contributed by atoms with Crippen molar-refractivity contribution in [2.75, 3.05) is 0 Å². The molecule has 0 atom stereocenters. The van der Waals surface area contributed by atoms with Crippen LogP contribution in [0.5, 0.6) is 0 Å². The minimum Gasteiger partial charge on any atom is -0.455 e. The monoisotopic (exact) mass is 425 g/mol. The first-order chi connectivity index (χ1) is 15.2. The molecule has 162 valence electrons. The van der Waals surface area contributed by atoms with E-state index in [1.807, 2.05) is 30.3 Å². The zero-order chi connectivity index (χ0) is 22.6. The fourth-order valence-electron chi connectivity index (χ4n) is 4.54. The third kappa shape index (κ3) is 3.46. The topological polar surface area (TPSA) is 26.0 Å². The van der Waals surface area contributed by atoms with Crippen molar-refractivity contribution in [3.05, 3.63) is 77.7 Å². The van der Waals surface area contributed by atoms with Crippen LogP contribution in [0.4, 0.5) is 4.39 Å². The number of rotatable bonds is 3. The van der Waals surface area contributed by atoms with Crippen molar-refractivity contribution in [3.63, 3.8) is 0 Å². The Morgan fingerprint density at radius 2 is 1.69 bits per heavy atom. The SMILES string of the molecule is CC(C)c1cc(-c2nccc3c(F)c(CC(C)(C)C)ccc23)c2oc3ccccc3c2c1. The average Bonchev–Trinajstić information content (AvgIpc) is 3.12. The van der Waals surface area contributed by atoms with Crippen LogP contribution >= 0.6 is 0 Å². The number of hydrogen-bond donors (Lipinski definition) is 0. The highest BCUT2D eigenvalue weighted by atomic mass is 19.1. The summed E-state index contributed by atoms with van der Waals surface area (Å²) in [6.45, 7) is 10.8. The van der Waals surface area contributed by atoms with Crippen LogP contribution in [0, 0.1) is 11.2 Å². The molecule has 32 heavy (non-hydrogen) atoms. The Morgan fingerprint density at radius 3 is 2.44 bits per heavy atom. The van der Waals surface area contributed by atoms with Crippen LogP contribution in [0.15, 0.2) is 65.2 Å². The van der Waals surface area contributed by atoms with Gasteiger partial charge in [0.2, 0.25) is 0 Å². The summed E-state index contributed by atoms with van der Waals surface area (Å²) in [6, 6.07) is 18.2. The Balaban J connectivity index is 1.82. The van der Waals surface area contributed by atoms with Crippen LogP contribution < -0.4 is 0 Å². The second-order valence-corrected chi connectivity index (χ2v) is 10.2. The van der Waals surface area contributed by atoms with Gasteiger partial charge in [0.15, 0.2) is 0 Å². The Labute approximate surface area is 188 Å². The largest absolute Gasteiger partial charge is 0.455 e. The molecule has 0 aliphatic carbocycles. The number of benzene rings is 3. The molecule has 2 heterocycles. The van der Waals surface area contributed by atoms with Gasteiger partial charge in [-0.2, -0.15) is 0 Å². The van der Waals surface area contributed by atoms with Crippen molar-refractivity contribution in [3.8, 4) is 11.3 Å². The van der Waals surface area contributed by atoms with E-state index in [-0.39, 0.29) is 11.2 Å². The number of fused-ring (bicyclic) bond motifs is 4. The Kier molecular flexibility index (Phi) is 4.81. The van der Waals surface area contributed by atoms with E-state index in [9.17, 15) is 0 Å². The lowest BCUT2D eigenvalue weighted by atomic mass is 9.87. The molecule has 5 aromatic rings. The first-order valence-electron chi connectivity index (χ1n) is 11.2. The molecule has 0 unspecified atom stereocenters. The number of nitrogens with zero attached hydrogens (tertiary/aromatic N) is 1. The molecular formula is C29H28FNO. The smallest absolute Gasteiger partial charge is 0.144 e. The van der Waals surface area contributed by atoms with Crippen molar-refractivity contribution in [1.82, 2.24) is 4.98 Å². The molecule has 3 aromatic carbocycles. The van der Waals surface area contributed by atoms with E-state index in [1.54, 1.807) is 12.3 Å². The van der Waals surface area contributed by atoms with Gasteiger partial charge in [-0.05, 0) is 53.1 Å². The molecule has 0 amide bonds. The summed E-state index contributed by atoms with van der Waals surface area (Å²) < 4.78 is 21.8. The molecule has 0 saturated heterocycles. The number of aromatic nitrogens is 1. The lowest BCUT2D eigenvalue weighted by molar-refractivity contribution is 0.403. The molecule has 0 spiro atoms. The van der Waals surface area contributed by atoms with E-state index >= 15 is 4.39 Å². The number of hydrogen-bond acceptors (Lipinski definition) is 2. The third-order valence-electron chi connectivity index (χ3n) is 6.10. The normalized spacial score (nSPS) is 12.5. The number of halogens is 1. The standard InChI is InChI=1S/C29H28FNO/c1-17(2)19-14-23-20-8-6-7-9-25(20)32-28(23)24(15-19)27-22-11-10-18(16-29(3,4)5)26(30)21(22)12-13-31-27/h6-15,17H,16H2,1-5H3. The minimum absolute atomic E-state index is 0.0103. The van der Waals surface area contributed by atoms with Gasteiger partial charge in [-0.15, -0.1) is 0 Å². The highest BCUT2D eigenvalue weighted by Gasteiger charge is 2.20. The van der Waals surface area contributed by atoms with E-state index in [0.717, 1.165) is 44.1 Å². The van der Waals surface area contributed by atoms with Crippen LogP contribution in [-0.4, -0.2) is 4.98 Å². The number of furan rings is 1. The molecule has 0 saturated carbocycles. The zero-order valence-electron chi connectivity index (χ0n) is 19.3. The van der Waals surface area contributed by atoms with Gasteiger partial charge in [0, 0.05) is 33.3 Å². The van der Waals surface area contributed by atoms with E-state index in [1.165, 1.54) is 5.56 Å². The summed E-state index contributed by atoms with van der Waals surface area (Å²) in [6.07, 6.45) is 2.39. The highest BCUT2D eigenvalue weighted by molar-refractivity contribution is 6.12. The molecule has 0 fully saturated rings. The second-order valence-electron chi connectivity index (χ2n) is 10.2. The van der Waals surface area contributed by atoms with E-state index < -0.39 is 0 Å². The summed E-state index contributed by atoms with van der Waals surface area (Å²) in [4.78, 5) is 4.72. The lowest BCUT2D eigenvalue weighted by Gasteiger charge is -2.19. The predicted octanol–water partition coefficient (Wildman–Crippen LogP) is 8.65. The van der Waals surface area contributed by atoms with Gasteiger partial charge in [-0.3, -0.25) is 4.98 Å². The van der Waals surface area contributed by atoms with Crippen LogP contribution in [0.25, 0.3) is 44.0 Å². The van der Waals surface area contributed by atoms with Crippen molar-refractivity contribution in [2.45, 2.75) is 47.0 Å². The predicted molar refractivity (Wildman–Crippen MR) is 132 cm³/mol. The second kappa shape index (κ2) is 7.44. The summed E-state index contributed by atoms with van der Waals surface area (Å²) in [7, 11) is 0. The van der Waals surface area contributed by atoms with Gasteiger partial charge in [0.1, 0.15) is 17.0 Å². The zero-order valence-corrected chi connectivity index (χ0v) is 19.3. The molecule has 0 aliphatic rings. The number of pyridine rings is 1. The van der Waals surface area contributed by atoms with E-state index in [2.05, 4.69) is 52.8 Å². The Bertz CT molecular complexity index is 1470. The lowest BCUT2D eigenvalue weighted by Crippen LogP contribution is -2.10. The molecule has 0 radical (unpaired) electrons. The van der Waals surface area contributed by atoms with Gasteiger partial charge in [0.25, 0.3) is 0 Å². The fraction of sp³-hybridized carbons (Fsp3) is 0.276. The maximum atomic E-state index is 15.5. The molecule has 2 nitrogen and oxygen atoms in total.